The van der Waals surface area contributed by atoms with Gasteiger partial charge in [-0.15, -0.1) is 0 Å². The van der Waals surface area contributed by atoms with Crippen molar-refractivity contribution in [3.63, 3.8) is 0 Å². The van der Waals surface area contributed by atoms with Crippen LogP contribution >= 0.6 is 0 Å². The van der Waals surface area contributed by atoms with Gasteiger partial charge in [-0.1, -0.05) is 13.3 Å². The summed E-state index contributed by atoms with van der Waals surface area (Å²) in [5.74, 6) is -2.17. The van der Waals surface area contributed by atoms with E-state index >= 15 is 0 Å². The standard InChI is InChI=1S/C9H20N.C6H14N.2C2H4O2/c1-3-4-7-10(2)8-5-6-9-10;1-7(2)5-3-4-6-7;2*1-2(3)4/h3-9H2,1-2H3;3-6H2,1-2H3;2*1H3,(H,3,4)/q2*+1;;/p-2. The minimum Gasteiger partial charge on any atom is -0.550 e. The van der Waals surface area contributed by atoms with Crippen molar-refractivity contribution in [2.75, 3.05) is 53.9 Å². The van der Waals surface area contributed by atoms with Crippen LogP contribution in [-0.2, 0) is 9.59 Å². The molecule has 2 rings (SSSR count). The number of nitrogens with zero attached hydrogens (tertiary/aromatic N) is 2. The second-order valence-corrected chi connectivity index (χ2v) is 7.92. The predicted molar refractivity (Wildman–Crippen MR) is 97.4 cm³/mol. The number of likely N-dealkylation sites (tertiary alicyclic amines) is 2. The molecule has 0 N–H and O–H groups in total. The van der Waals surface area contributed by atoms with Crippen molar-refractivity contribution in [1.82, 2.24) is 0 Å². The number of carboxylic acids is 2. The minimum atomic E-state index is -1.08. The molecular formula is C19H40N2O4. The number of carbonyl (C=O) groups excluding carboxylic acids is 2. The molecule has 25 heavy (non-hydrogen) atoms. The normalized spacial score (nSPS) is 19.3. The van der Waals surface area contributed by atoms with Crippen LogP contribution in [-0.4, -0.2) is 74.8 Å². The summed E-state index contributed by atoms with van der Waals surface area (Å²) in [6, 6.07) is 0. The van der Waals surface area contributed by atoms with Gasteiger partial charge >= 0.3 is 0 Å². The SMILES string of the molecule is CC(=O)[O-].CC(=O)[O-].CCCC[N+]1(C)CCCC1.C[N+]1(C)CCCC1. The Labute approximate surface area is 154 Å². The van der Waals surface area contributed by atoms with E-state index in [9.17, 15) is 0 Å². The first-order valence-electron chi connectivity index (χ1n) is 9.45. The van der Waals surface area contributed by atoms with Gasteiger partial charge < -0.3 is 28.8 Å². The molecule has 0 unspecified atom stereocenters. The van der Waals surface area contributed by atoms with Crippen LogP contribution in [0.25, 0.3) is 0 Å². The van der Waals surface area contributed by atoms with Crippen molar-refractivity contribution in [3.8, 4) is 0 Å². The van der Waals surface area contributed by atoms with Crippen molar-refractivity contribution in [2.45, 2.75) is 59.3 Å². The van der Waals surface area contributed by atoms with Crippen LogP contribution in [0.15, 0.2) is 0 Å². The molecule has 2 aliphatic heterocycles. The number of hydrogen-bond acceptors (Lipinski definition) is 4. The summed E-state index contributed by atoms with van der Waals surface area (Å²) in [6.45, 7) is 11.3. The van der Waals surface area contributed by atoms with E-state index in [0.29, 0.717) is 0 Å². The van der Waals surface area contributed by atoms with E-state index in [1.165, 1.54) is 80.2 Å². The van der Waals surface area contributed by atoms with Crippen LogP contribution in [0.3, 0.4) is 0 Å². The van der Waals surface area contributed by atoms with Gasteiger partial charge in [0.1, 0.15) is 0 Å². The molecule has 6 nitrogen and oxygen atoms in total. The maximum atomic E-state index is 8.89. The highest BCUT2D eigenvalue weighted by atomic mass is 16.4. The van der Waals surface area contributed by atoms with E-state index < -0.39 is 11.9 Å². The highest BCUT2D eigenvalue weighted by Crippen LogP contribution is 2.16. The summed E-state index contributed by atoms with van der Waals surface area (Å²) in [6.07, 6.45) is 8.56. The Morgan fingerprint density at radius 2 is 1.12 bits per heavy atom. The van der Waals surface area contributed by atoms with Crippen molar-refractivity contribution in [3.05, 3.63) is 0 Å². The number of hydrogen-bond donors (Lipinski definition) is 0. The molecule has 2 aliphatic rings. The van der Waals surface area contributed by atoms with E-state index in [2.05, 4.69) is 28.1 Å². The molecule has 0 aromatic rings. The van der Waals surface area contributed by atoms with E-state index in [1.54, 1.807) is 0 Å². The number of unbranched alkanes of at least 4 members (excludes halogenated alkanes) is 1. The maximum Gasteiger partial charge on any atom is 0.0786 e. The summed E-state index contributed by atoms with van der Waals surface area (Å²) >= 11 is 0. The first-order chi connectivity index (χ1) is 11.4. The van der Waals surface area contributed by atoms with Crippen LogP contribution < -0.4 is 10.2 Å². The third kappa shape index (κ3) is 20.8. The zero-order valence-corrected chi connectivity index (χ0v) is 17.3. The molecule has 0 aromatic carbocycles. The Kier molecular flexibility index (Phi) is 14.7. The summed E-state index contributed by atoms with van der Waals surface area (Å²) in [4.78, 5) is 17.8. The molecule has 0 aromatic heterocycles. The van der Waals surface area contributed by atoms with Gasteiger partial charge in [0.2, 0.25) is 0 Å². The van der Waals surface area contributed by atoms with Gasteiger partial charge in [-0.05, 0) is 20.3 Å². The van der Waals surface area contributed by atoms with E-state index in [-0.39, 0.29) is 0 Å². The van der Waals surface area contributed by atoms with Gasteiger partial charge in [0.15, 0.2) is 0 Å². The zero-order chi connectivity index (χ0) is 19.9. The Hall–Kier alpha value is -1.14. The highest BCUT2D eigenvalue weighted by Gasteiger charge is 2.25. The average Bonchev–Trinajstić information content (AvgIpc) is 3.05. The summed E-state index contributed by atoms with van der Waals surface area (Å²) in [7, 11) is 7.00. The van der Waals surface area contributed by atoms with Crippen LogP contribution in [0.4, 0.5) is 0 Å². The molecule has 0 radical (unpaired) electrons. The minimum absolute atomic E-state index is 0.972. The molecule has 150 valence electrons. The number of rotatable bonds is 3. The number of carbonyl (C=O) groups is 2. The Morgan fingerprint density at radius 1 is 0.800 bits per heavy atom. The van der Waals surface area contributed by atoms with Crippen molar-refractivity contribution in [1.29, 1.82) is 0 Å². The van der Waals surface area contributed by atoms with Gasteiger partial charge in [0, 0.05) is 37.6 Å². The van der Waals surface area contributed by atoms with Crippen molar-refractivity contribution < 1.29 is 28.8 Å². The number of quaternary nitrogens is 2. The number of aliphatic carboxylic acids is 2. The molecule has 0 spiro atoms. The second-order valence-electron chi connectivity index (χ2n) is 7.92. The Balaban J connectivity index is 0. The van der Waals surface area contributed by atoms with Gasteiger partial charge in [-0.25, -0.2) is 0 Å². The average molecular weight is 361 g/mol. The third-order valence-corrected chi connectivity index (χ3v) is 4.47. The smallest absolute Gasteiger partial charge is 0.0786 e. The fraction of sp³-hybridized carbons (Fsp3) is 0.895. The fourth-order valence-corrected chi connectivity index (χ4v) is 3.05. The van der Waals surface area contributed by atoms with Gasteiger partial charge in [0.05, 0.1) is 53.9 Å². The quantitative estimate of drug-likeness (QED) is 0.682. The first-order valence-corrected chi connectivity index (χ1v) is 9.45. The van der Waals surface area contributed by atoms with Crippen LogP contribution in [0.2, 0.25) is 0 Å². The van der Waals surface area contributed by atoms with Crippen LogP contribution in [0.1, 0.15) is 59.3 Å². The van der Waals surface area contributed by atoms with Crippen LogP contribution in [0, 0.1) is 0 Å². The molecule has 0 saturated carbocycles. The summed E-state index contributed by atoms with van der Waals surface area (Å²) in [5, 5.41) is 17.8. The van der Waals surface area contributed by atoms with Gasteiger partial charge in [0.25, 0.3) is 0 Å². The lowest BCUT2D eigenvalue weighted by Crippen LogP contribution is -2.41. The topological polar surface area (TPSA) is 80.3 Å². The van der Waals surface area contributed by atoms with Gasteiger partial charge in [-0.3, -0.25) is 0 Å². The van der Waals surface area contributed by atoms with E-state index in [1.807, 2.05) is 0 Å². The largest absolute Gasteiger partial charge is 0.550 e. The van der Waals surface area contributed by atoms with Crippen molar-refractivity contribution >= 4 is 11.9 Å². The number of carboxylic acid groups (broad SMARTS) is 2. The van der Waals surface area contributed by atoms with Crippen LogP contribution in [0.5, 0.6) is 0 Å². The molecule has 6 heteroatoms. The predicted octanol–water partition coefficient (Wildman–Crippen LogP) is 0.396. The van der Waals surface area contributed by atoms with E-state index in [0.717, 1.165) is 13.8 Å². The molecule has 0 bridgehead atoms. The third-order valence-electron chi connectivity index (χ3n) is 4.47. The molecule has 2 saturated heterocycles. The lowest BCUT2D eigenvalue weighted by Gasteiger charge is -2.28. The molecule has 0 aliphatic carbocycles. The highest BCUT2D eigenvalue weighted by molar-refractivity contribution is 5.60. The zero-order valence-electron chi connectivity index (χ0n) is 17.3. The Morgan fingerprint density at radius 3 is 1.36 bits per heavy atom. The lowest BCUT2D eigenvalue weighted by molar-refractivity contribution is -0.897. The fourth-order valence-electron chi connectivity index (χ4n) is 3.05. The van der Waals surface area contributed by atoms with Crippen molar-refractivity contribution in [2.24, 2.45) is 0 Å². The molecule has 0 amide bonds. The monoisotopic (exact) mass is 360 g/mol. The maximum absolute atomic E-state index is 8.89. The first kappa shape index (κ1) is 26.1. The molecule has 2 fully saturated rings. The second kappa shape index (κ2) is 14.1. The lowest BCUT2D eigenvalue weighted by atomic mass is 10.3. The summed E-state index contributed by atoms with van der Waals surface area (Å²) < 4.78 is 2.60. The Bertz CT molecular complexity index is 336. The molecule has 0 atom stereocenters. The van der Waals surface area contributed by atoms with Gasteiger partial charge in [-0.2, -0.15) is 0 Å². The molecule has 2 heterocycles. The van der Waals surface area contributed by atoms with E-state index in [4.69, 9.17) is 19.8 Å². The molecular weight excluding hydrogens is 320 g/mol. The summed E-state index contributed by atoms with van der Waals surface area (Å²) in [5.41, 5.74) is 0.